The average Bonchev–Trinajstić information content (AvgIpc) is 3.16. The first-order chi connectivity index (χ1) is 14.6. The number of hydrogen-bond acceptors (Lipinski definition) is 8. The van der Waals surface area contributed by atoms with Gasteiger partial charge in [-0.05, 0) is 43.7 Å². The van der Waals surface area contributed by atoms with Crippen LogP contribution in [0.2, 0.25) is 0 Å². The average molecular weight is 403 g/mol. The highest BCUT2D eigenvalue weighted by Gasteiger charge is 2.10. The van der Waals surface area contributed by atoms with Crippen LogP contribution in [0.3, 0.4) is 0 Å². The molecule has 0 aliphatic rings. The van der Waals surface area contributed by atoms with E-state index in [2.05, 4.69) is 30.5 Å². The highest BCUT2D eigenvalue weighted by Crippen LogP contribution is 2.27. The maximum Gasteiger partial charge on any atom is 0.321 e. The number of aromatic nitrogens is 5. The predicted octanol–water partition coefficient (Wildman–Crippen LogP) is 4.09. The van der Waals surface area contributed by atoms with Gasteiger partial charge < -0.3 is 20.5 Å². The highest BCUT2D eigenvalue weighted by molar-refractivity contribution is 5.61. The molecule has 0 atom stereocenters. The number of nitrogen functional groups attached to an aromatic ring is 1. The van der Waals surface area contributed by atoms with E-state index >= 15 is 0 Å². The van der Waals surface area contributed by atoms with Gasteiger partial charge in [0.25, 0.3) is 0 Å². The molecule has 4 aromatic rings. The Morgan fingerprint density at radius 3 is 2.73 bits per heavy atom. The van der Waals surface area contributed by atoms with Crippen molar-refractivity contribution >= 4 is 17.5 Å². The molecule has 4 rings (SSSR count). The van der Waals surface area contributed by atoms with Gasteiger partial charge in [0.1, 0.15) is 11.6 Å². The molecule has 2 aromatic carbocycles. The monoisotopic (exact) mass is 403 g/mol. The first-order valence-electron chi connectivity index (χ1n) is 9.41. The molecule has 9 heteroatoms. The zero-order valence-electron chi connectivity index (χ0n) is 16.6. The Hall–Kier alpha value is -4.14. The summed E-state index contributed by atoms with van der Waals surface area (Å²) in [6.07, 6.45) is 0. The van der Waals surface area contributed by atoms with E-state index in [1.807, 2.05) is 62.4 Å². The Morgan fingerprint density at radius 2 is 1.90 bits per heavy atom. The Kier molecular flexibility index (Phi) is 5.42. The molecule has 9 nitrogen and oxygen atoms in total. The van der Waals surface area contributed by atoms with Crippen molar-refractivity contribution in [3.8, 4) is 29.0 Å². The summed E-state index contributed by atoms with van der Waals surface area (Å²) in [6.45, 7) is 4.31. The van der Waals surface area contributed by atoms with Gasteiger partial charge >= 0.3 is 6.01 Å². The van der Waals surface area contributed by atoms with Crippen LogP contribution in [0.25, 0.3) is 11.4 Å². The molecule has 0 fully saturated rings. The first-order valence-corrected chi connectivity index (χ1v) is 9.41. The number of nitrogens with two attached hydrogens (primary N) is 1. The molecule has 0 aliphatic heterocycles. The van der Waals surface area contributed by atoms with Crippen molar-refractivity contribution in [3.05, 3.63) is 60.2 Å². The van der Waals surface area contributed by atoms with Crippen LogP contribution in [-0.4, -0.2) is 31.8 Å². The van der Waals surface area contributed by atoms with Crippen LogP contribution in [0.15, 0.2) is 54.6 Å². The maximum atomic E-state index is 5.84. The Bertz CT molecular complexity index is 1160. The molecule has 4 N–H and O–H groups in total. The van der Waals surface area contributed by atoms with Crippen LogP contribution in [0, 0.1) is 6.92 Å². The first kappa shape index (κ1) is 19.2. The van der Waals surface area contributed by atoms with Gasteiger partial charge in [0, 0.05) is 17.3 Å². The number of rotatable bonds is 7. The molecular weight excluding hydrogens is 382 g/mol. The minimum Gasteiger partial charge on any atom is -0.464 e. The summed E-state index contributed by atoms with van der Waals surface area (Å²) >= 11 is 0. The lowest BCUT2D eigenvalue weighted by Crippen LogP contribution is -2.01. The quantitative estimate of drug-likeness (QED) is 0.421. The molecule has 0 spiro atoms. The number of benzene rings is 2. The summed E-state index contributed by atoms with van der Waals surface area (Å²) < 4.78 is 11.1. The van der Waals surface area contributed by atoms with Gasteiger partial charge in [0.2, 0.25) is 11.8 Å². The van der Waals surface area contributed by atoms with E-state index in [0.717, 1.165) is 16.8 Å². The van der Waals surface area contributed by atoms with E-state index in [-0.39, 0.29) is 11.8 Å². The van der Waals surface area contributed by atoms with Crippen molar-refractivity contribution in [2.24, 2.45) is 0 Å². The highest BCUT2D eigenvalue weighted by atomic mass is 16.5. The van der Waals surface area contributed by atoms with Crippen LogP contribution < -0.4 is 20.5 Å². The van der Waals surface area contributed by atoms with Crippen LogP contribution in [0.4, 0.5) is 17.5 Å². The lowest BCUT2D eigenvalue weighted by atomic mass is 10.2. The van der Waals surface area contributed by atoms with Crippen molar-refractivity contribution in [2.75, 3.05) is 17.7 Å². The summed E-state index contributed by atoms with van der Waals surface area (Å²) in [5.74, 6) is 2.21. The second-order valence-corrected chi connectivity index (χ2v) is 6.48. The molecule has 0 bridgehead atoms. The Morgan fingerprint density at radius 1 is 1.03 bits per heavy atom. The fraction of sp³-hybridized carbons (Fsp3) is 0.143. The number of anilines is 3. The van der Waals surface area contributed by atoms with E-state index in [4.69, 9.17) is 15.2 Å². The second-order valence-electron chi connectivity index (χ2n) is 6.48. The van der Waals surface area contributed by atoms with Crippen molar-refractivity contribution in [2.45, 2.75) is 13.8 Å². The van der Waals surface area contributed by atoms with Gasteiger partial charge in [-0.25, -0.2) is 0 Å². The fourth-order valence-corrected chi connectivity index (χ4v) is 2.79. The number of nitrogens with zero attached hydrogens (tertiary/aromatic N) is 4. The number of nitrogens with one attached hydrogen (secondary N) is 2. The SMILES string of the molecule is CCOc1nc(N)cc(Oc2cccc(-c3nc(Nc4cccc(C)c4)n[nH]3)c2)n1. The standard InChI is InChI=1S/C21H21N7O2/c1-3-29-21-24-17(22)12-18(25-21)30-16-9-5-7-14(11-16)19-26-20(28-27-19)23-15-8-4-6-13(2)10-15/h4-12H,3H2,1-2H3,(H2,22,24,25)(H2,23,26,27,28). The van der Waals surface area contributed by atoms with Gasteiger partial charge in [0.15, 0.2) is 5.82 Å². The largest absolute Gasteiger partial charge is 0.464 e. The summed E-state index contributed by atoms with van der Waals surface area (Å²) in [6, 6.07) is 17.1. The van der Waals surface area contributed by atoms with Crippen molar-refractivity contribution in [3.63, 3.8) is 0 Å². The molecule has 0 radical (unpaired) electrons. The number of ether oxygens (including phenoxy) is 2. The van der Waals surface area contributed by atoms with Crippen molar-refractivity contribution in [1.82, 2.24) is 25.1 Å². The van der Waals surface area contributed by atoms with E-state index in [1.165, 1.54) is 6.07 Å². The third-order valence-corrected chi connectivity index (χ3v) is 4.06. The smallest absolute Gasteiger partial charge is 0.321 e. The zero-order valence-corrected chi connectivity index (χ0v) is 16.6. The van der Waals surface area contributed by atoms with Crippen LogP contribution in [0.5, 0.6) is 17.6 Å². The molecule has 2 aromatic heterocycles. The predicted molar refractivity (Wildman–Crippen MR) is 114 cm³/mol. The van der Waals surface area contributed by atoms with Gasteiger partial charge in [-0.1, -0.05) is 24.3 Å². The van der Waals surface area contributed by atoms with Gasteiger partial charge in [-0.3, -0.25) is 5.10 Å². The molecule has 0 unspecified atom stereocenters. The van der Waals surface area contributed by atoms with Crippen LogP contribution >= 0.6 is 0 Å². The minimum absolute atomic E-state index is 0.172. The third kappa shape index (κ3) is 4.64. The molecule has 0 saturated heterocycles. The minimum atomic E-state index is 0.172. The summed E-state index contributed by atoms with van der Waals surface area (Å²) in [7, 11) is 0. The van der Waals surface area contributed by atoms with Gasteiger partial charge in [-0.15, -0.1) is 5.10 Å². The van der Waals surface area contributed by atoms with Crippen LogP contribution in [-0.2, 0) is 0 Å². The molecule has 0 aliphatic carbocycles. The second kappa shape index (κ2) is 8.48. The van der Waals surface area contributed by atoms with Crippen LogP contribution in [0.1, 0.15) is 12.5 Å². The number of H-pyrrole nitrogens is 1. The number of aromatic amines is 1. The molecule has 0 saturated carbocycles. The third-order valence-electron chi connectivity index (χ3n) is 4.06. The van der Waals surface area contributed by atoms with Gasteiger partial charge in [-0.2, -0.15) is 15.0 Å². The van der Waals surface area contributed by atoms with Crippen molar-refractivity contribution in [1.29, 1.82) is 0 Å². The lowest BCUT2D eigenvalue weighted by Gasteiger charge is -2.08. The van der Waals surface area contributed by atoms with Gasteiger partial charge in [0.05, 0.1) is 6.61 Å². The van der Waals surface area contributed by atoms with Crippen molar-refractivity contribution < 1.29 is 9.47 Å². The van der Waals surface area contributed by atoms with E-state index < -0.39 is 0 Å². The Labute approximate surface area is 173 Å². The number of aryl methyl sites for hydroxylation is 1. The maximum absolute atomic E-state index is 5.84. The Balaban J connectivity index is 1.52. The molecule has 152 valence electrons. The normalized spacial score (nSPS) is 10.6. The molecule has 2 heterocycles. The number of hydrogen-bond donors (Lipinski definition) is 3. The molecule has 30 heavy (non-hydrogen) atoms. The zero-order chi connectivity index (χ0) is 20.9. The summed E-state index contributed by atoms with van der Waals surface area (Å²) in [4.78, 5) is 12.7. The van der Waals surface area contributed by atoms with E-state index in [0.29, 0.717) is 30.0 Å². The van der Waals surface area contributed by atoms with E-state index in [1.54, 1.807) is 0 Å². The lowest BCUT2D eigenvalue weighted by molar-refractivity contribution is 0.307. The molecule has 0 amide bonds. The van der Waals surface area contributed by atoms with E-state index in [9.17, 15) is 0 Å². The topological polar surface area (TPSA) is 124 Å². The fourth-order valence-electron chi connectivity index (χ4n) is 2.79. The molecular formula is C21H21N7O2. The summed E-state index contributed by atoms with van der Waals surface area (Å²) in [5, 5.41) is 10.4. The summed E-state index contributed by atoms with van der Waals surface area (Å²) in [5.41, 5.74) is 8.68.